The topological polar surface area (TPSA) is 52.6 Å². The van der Waals surface area contributed by atoms with Crippen LogP contribution in [0.2, 0.25) is 0 Å². The summed E-state index contributed by atoms with van der Waals surface area (Å²) in [5, 5.41) is 0. The smallest absolute Gasteiger partial charge is 0.222 e. The van der Waals surface area contributed by atoms with Gasteiger partial charge in [-0.05, 0) is 53.6 Å². The molecule has 1 amide bonds. The third-order valence-corrected chi connectivity index (χ3v) is 6.18. The average molecular weight is 374 g/mol. The fraction of sp³-hybridized carbons (Fsp3) is 0.762. The van der Waals surface area contributed by atoms with E-state index in [0.717, 1.165) is 62.9 Å². The molecule has 3 rings (SSSR count). The zero-order valence-corrected chi connectivity index (χ0v) is 17.7. The van der Waals surface area contributed by atoms with Crippen LogP contribution in [-0.2, 0) is 11.2 Å². The van der Waals surface area contributed by atoms with Crippen molar-refractivity contribution in [3.63, 3.8) is 0 Å². The first-order valence-corrected chi connectivity index (χ1v) is 10.3. The van der Waals surface area contributed by atoms with Gasteiger partial charge in [0.05, 0.1) is 0 Å². The van der Waals surface area contributed by atoms with Gasteiger partial charge in [-0.3, -0.25) is 4.79 Å². The number of hydrogen-bond acceptors (Lipinski definition) is 5. The van der Waals surface area contributed by atoms with Crippen molar-refractivity contribution >= 4 is 11.7 Å². The molecule has 2 saturated heterocycles. The maximum atomic E-state index is 12.4. The van der Waals surface area contributed by atoms with Crippen molar-refractivity contribution in [2.75, 3.05) is 51.7 Å². The summed E-state index contributed by atoms with van der Waals surface area (Å²) in [4.78, 5) is 28.6. The predicted octanol–water partition coefficient (Wildman–Crippen LogP) is 2.43. The highest BCUT2D eigenvalue weighted by atomic mass is 16.2. The highest BCUT2D eigenvalue weighted by Crippen LogP contribution is 2.40. The summed E-state index contributed by atoms with van der Waals surface area (Å²) in [6.45, 7) is 11.0. The van der Waals surface area contributed by atoms with Gasteiger partial charge in [0.1, 0.15) is 11.6 Å². The summed E-state index contributed by atoms with van der Waals surface area (Å²) < 4.78 is 0. The van der Waals surface area contributed by atoms with Crippen LogP contribution in [0.5, 0.6) is 0 Å². The molecule has 1 atom stereocenters. The first-order chi connectivity index (χ1) is 12.8. The normalized spacial score (nSPS) is 23.6. The van der Waals surface area contributed by atoms with Crippen molar-refractivity contribution < 1.29 is 4.79 Å². The Morgan fingerprint density at radius 3 is 2.63 bits per heavy atom. The van der Waals surface area contributed by atoms with Crippen molar-refractivity contribution in [1.82, 2.24) is 19.8 Å². The number of carbonyl (C=O) groups excluding carboxylic acids is 1. The minimum absolute atomic E-state index is 0.205. The standard InChI is InChI=1S/C21H35N5O/c1-6-18-16(2)22-17(3)23-20(18)26-11-7-9-21(15-26)10-8-19(27)25(14-21)13-12-24(4)5/h6-15H2,1-5H3/t21-/m1/s1. The van der Waals surface area contributed by atoms with E-state index in [9.17, 15) is 4.79 Å². The fourth-order valence-electron chi connectivity index (χ4n) is 4.74. The van der Waals surface area contributed by atoms with Crippen LogP contribution >= 0.6 is 0 Å². The van der Waals surface area contributed by atoms with Gasteiger partial charge in [-0.2, -0.15) is 0 Å². The number of aromatic nitrogens is 2. The lowest BCUT2D eigenvalue weighted by molar-refractivity contribution is -0.138. The lowest BCUT2D eigenvalue weighted by atomic mass is 9.73. The maximum Gasteiger partial charge on any atom is 0.222 e. The number of amides is 1. The largest absolute Gasteiger partial charge is 0.356 e. The van der Waals surface area contributed by atoms with Crippen LogP contribution in [-0.4, -0.2) is 72.5 Å². The number of nitrogens with zero attached hydrogens (tertiary/aromatic N) is 5. The van der Waals surface area contributed by atoms with Gasteiger partial charge in [0.2, 0.25) is 5.91 Å². The molecule has 6 heteroatoms. The quantitative estimate of drug-likeness (QED) is 0.793. The lowest BCUT2D eigenvalue weighted by Gasteiger charge is -2.49. The van der Waals surface area contributed by atoms with Crippen molar-refractivity contribution in [3.8, 4) is 0 Å². The van der Waals surface area contributed by atoms with Crippen LogP contribution in [0.4, 0.5) is 5.82 Å². The van der Waals surface area contributed by atoms with E-state index in [4.69, 9.17) is 4.98 Å². The molecule has 1 spiro atoms. The molecule has 6 nitrogen and oxygen atoms in total. The Morgan fingerprint density at radius 2 is 1.93 bits per heavy atom. The molecular formula is C21H35N5O. The third-order valence-electron chi connectivity index (χ3n) is 6.18. The van der Waals surface area contributed by atoms with E-state index in [2.05, 4.69) is 47.6 Å². The molecule has 1 aromatic rings. The molecule has 1 aromatic heterocycles. The summed E-state index contributed by atoms with van der Waals surface area (Å²) in [5.41, 5.74) is 2.58. The van der Waals surface area contributed by atoms with Gasteiger partial charge in [-0.15, -0.1) is 0 Å². The first kappa shape index (κ1) is 20.1. The molecule has 27 heavy (non-hydrogen) atoms. The van der Waals surface area contributed by atoms with Crippen molar-refractivity contribution in [2.45, 2.75) is 52.9 Å². The summed E-state index contributed by atoms with van der Waals surface area (Å²) in [6.07, 6.45) is 5.02. The van der Waals surface area contributed by atoms with Gasteiger partial charge in [0, 0.05) is 55.8 Å². The van der Waals surface area contributed by atoms with E-state index in [1.54, 1.807) is 0 Å². The fourth-order valence-corrected chi connectivity index (χ4v) is 4.74. The van der Waals surface area contributed by atoms with E-state index in [1.165, 1.54) is 18.4 Å². The van der Waals surface area contributed by atoms with E-state index < -0.39 is 0 Å². The van der Waals surface area contributed by atoms with Gasteiger partial charge in [0.15, 0.2) is 0 Å². The molecule has 0 aromatic carbocycles. The Kier molecular flexibility index (Phi) is 6.04. The molecule has 0 N–H and O–H groups in total. The zero-order valence-electron chi connectivity index (χ0n) is 17.7. The molecule has 2 fully saturated rings. The highest BCUT2D eigenvalue weighted by Gasteiger charge is 2.42. The molecule has 150 valence electrons. The number of rotatable bonds is 5. The minimum atomic E-state index is 0.205. The van der Waals surface area contributed by atoms with E-state index in [1.807, 2.05) is 6.92 Å². The second kappa shape index (κ2) is 8.13. The van der Waals surface area contributed by atoms with E-state index >= 15 is 0 Å². The molecule has 0 bridgehead atoms. The van der Waals surface area contributed by atoms with Gasteiger partial charge >= 0.3 is 0 Å². The number of hydrogen-bond donors (Lipinski definition) is 0. The van der Waals surface area contributed by atoms with Gasteiger partial charge in [0.25, 0.3) is 0 Å². The lowest BCUT2D eigenvalue weighted by Crippen LogP contribution is -2.55. The van der Waals surface area contributed by atoms with E-state index in [0.29, 0.717) is 12.3 Å². The monoisotopic (exact) mass is 373 g/mol. The minimum Gasteiger partial charge on any atom is -0.356 e. The molecule has 2 aliphatic rings. The van der Waals surface area contributed by atoms with Crippen molar-refractivity contribution in [2.24, 2.45) is 5.41 Å². The number of anilines is 1. The van der Waals surface area contributed by atoms with Crippen molar-refractivity contribution in [3.05, 3.63) is 17.1 Å². The molecule has 0 aliphatic carbocycles. The summed E-state index contributed by atoms with van der Waals surface area (Å²) >= 11 is 0. The Hall–Kier alpha value is -1.69. The Bertz CT molecular complexity index is 689. The predicted molar refractivity (Wildman–Crippen MR) is 109 cm³/mol. The van der Waals surface area contributed by atoms with Crippen LogP contribution in [0.3, 0.4) is 0 Å². The molecule has 0 radical (unpaired) electrons. The second-order valence-electron chi connectivity index (χ2n) is 8.66. The highest BCUT2D eigenvalue weighted by molar-refractivity contribution is 5.77. The third kappa shape index (κ3) is 4.42. The number of likely N-dealkylation sites (tertiary alicyclic amines) is 1. The van der Waals surface area contributed by atoms with Gasteiger partial charge in [-0.1, -0.05) is 6.92 Å². The van der Waals surface area contributed by atoms with Gasteiger partial charge < -0.3 is 14.7 Å². The summed E-state index contributed by atoms with van der Waals surface area (Å²) in [5.74, 6) is 2.30. The summed E-state index contributed by atoms with van der Waals surface area (Å²) in [7, 11) is 4.14. The second-order valence-corrected chi connectivity index (χ2v) is 8.66. The Morgan fingerprint density at radius 1 is 1.15 bits per heavy atom. The number of aryl methyl sites for hydroxylation is 2. The van der Waals surface area contributed by atoms with Crippen LogP contribution < -0.4 is 4.90 Å². The average Bonchev–Trinajstić information content (AvgIpc) is 2.62. The van der Waals surface area contributed by atoms with Gasteiger partial charge in [-0.25, -0.2) is 9.97 Å². The van der Waals surface area contributed by atoms with Crippen LogP contribution in [0.15, 0.2) is 0 Å². The zero-order chi connectivity index (χ0) is 19.6. The van der Waals surface area contributed by atoms with E-state index in [-0.39, 0.29) is 5.41 Å². The first-order valence-electron chi connectivity index (χ1n) is 10.3. The maximum absolute atomic E-state index is 12.4. The number of carbonyl (C=O) groups is 1. The van der Waals surface area contributed by atoms with Crippen molar-refractivity contribution in [1.29, 1.82) is 0 Å². The van der Waals surface area contributed by atoms with Crippen LogP contribution in [0.25, 0.3) is 0 Å². The van der Waals surface area contributed by atoms with Crippen LogP contribution in [0.1, 0.15) is 49.7 Å². The Balaban J connectivity index is 1.80. The number of piperidine rings is 2. The molecule has 2 aliphatic heterocycles. The SMILES string of the molecule is CCc1c(C)nc(C)nc1N1CCC[C@]2(CCC(=O)N(CCN(C)C)C2)C1. The molecule has 0 saturated carbocycles. The Labute approximate surface area is 164 Å². The molecule has 0 unspecified atom stereocenters. The molecule has 3 heterocycles. The summed E-state index contributed by atoms with van der Waals surface area (Å²) in [6, 6.07) is 0. The van der Waals surface area contributed by atoms with Crippen LogP contribution in [0, 0.1) is 19.3 Å². The molecular weight excluding hydrogens is 338 g/mol. The number of likely N-dealkylation sites (N-methyl/N-ethyl adjacent to an activating group) is 1.